The lowest BCUT2D eigenvalue weighted by atomic mass is 10.1. The molecule has 0 aromatic heterocycles. The van der Waals surface area contributed by atoms with Gasteiger partial charge < -0.3 is 10.2 Å². The zero-order valence-electron chi connectivity index (χ0n) is 15.7. The van der Waals surface area contributed by atoms with Crippen molar-refractivity contribution in [3.63, 3.8) is 0 Å². The number of hydrogen-bond donors (Lipinski definition) is 1. The van der Waals surface area contributed by atoms with Crippen molar-refractivity contribution in [3.05, 3.63) is 71.8 Å². The number of nitrogens with zero attached hydrogens (tertiary/aromatic N) is 1. The standard InChI is InChI=1S/C22H28N2O2/c1-3-15-23-22(26)18(2)24(16-14-19-10-6-4-7-11-19)21(25)17-20-12-8-5-9-13-20/h4-13,18H,3,14-17H2,1-2H3,(H,23,26)/t18-/m0/s1. The number of amides is 2. The molecule has 0 fully saturated rings. The van der Waals surface area contributed by atoms with Crippen molar-refractivity contribution >= 4 is 11.8 Å². The summed E-state index contributed by atoms with van der Waals surface area (Å²) in [7, 11) is 0. The second kappa shape index (κ2) is 10.4. The molecule has 0 spiro atoms. The lowest BCUT2D eigenvalue weighted by molar-refractivity contribution is -0.139. The van der Waals surface area contributed by atoms with Crippen LogP contribution in [0.25, 0.3) is 0 Å². The predicted octanol–water partition coefficient (Wildman–Crippen LogP) is 3.22. The highest BCUT2D eigenvalue weighted by Crippen LogP contribution is 2.10. The van der Waals surface area contributed by atoms with Crippen LogP contribution in [0.1, 0.15) is 31.4 Å². The average Bonchev–Trinajstić information content (AvgIpc) is 2.67. The van der Waals surface area contributed by atoms with Gasteiger partial charge in [0.15, 0.2) is 0 Å². The van der Waals surface area contributed by atoms with Crippen LogP contribution in [0.15, 0.2) is 60.7 Å². The van der Waals surface area contributed by atoms with E-state index in [-0.39, 0.29) is 11.8 Å². The third-order valence-electron chi connectivity index (χ3n) is 4.40. The summed E-state index contributed by atoms with van der Waals surface area (Å²) in [5.41, 5.74) is 2.12. The maximum absolute atomic E-state index is 12.9. The van der Waals surface area contributed by atoms with Crippen LogP contribution >= 0.6 is 0 Å². The van der Waals surface area contributed by atoms with Crippen LogP contribution in [0.3, 0.4) is 0 Å². The molecule has 0 heterocycles. The number of hydrogen-bond acceptors (Lipinski definition) is 2. The topological polar surface area (TPSA) is 49.4 Å². The van der Waals surface area contributed by atoms with Gasteiger partial charge in [0.2, 0.25) is 11.8 Å². The molecule has 1 atom stereocenters. The Labute approximate surface area is 156 Å². The minimum absolute atomic E-state index is 0.0220. The van der Waals surface area contributed by atoms with Gasteiger partial charge >= 0.3 is 0 Å². The minimum atomic E-state index is -0.485. The Morgan fingerprint density at radius 3 is 2.12 bits per heavy atom. The largest absolute Gasteiger partial charge is 0.354 e. The molecule has 0 saturated heterocycles. The van der Waals surface area contributed by atoms with Crippen LogP contribution in [0.5, 0.6) is 0 Å². The van der Waals surface area contributed by atoms with Gasteiger partial charge in [0, 0.05) is 13.1 Å². The molecule has 0 unspecified atom stereocenters. The van der Waals surface area contributed by atoms with E-state index >= 15 is 0 Å². The number of benzene rings is 2. The summed E-state index contributed by atoms with van der Waals surface area (Å²) in [6, 6.07) is 19.2. The summed E-state index contributed by atoms with van der Waals surface area (Å²) >= 11 is 0. The summed E-state index contributed by atoms with van der Waals surface area (Å²) in [6.07, 6.45) is 1.91. The highest BCUT2D eigenvalue weighted by atomic mass is 16.2. The van der Waals surface area contributed by atoms with Gasteiger partial charge in [-0.3, -0.25) is 9.59 Å². The first-order valence-electron chi connectivity index (χ1n) is 9.26. The number of carbonyl (C=O) groups is 2. The summed E-state index contributed by atoms with van der Waals surface area (Å²) < 4.78 is 0. The molecule has 26 heavy (non-hydrogen) atoms. The first-order valence-corrected chi connectivity index (χ1v) is 9.26. The molecule has 0 saturated carbocycles. The van der Waals surface area contributed by atoms with Crippen LogP contribution in [0.2, 0.25) is 0 Å². The molecule has 138 valence electrons. The molecule has 2 amide bonds. The lowest BCUT2D eigenvalue weighted by Crippen LogP contribution is -2.49. The van der Waals surface area contributed by atoms with E-state index in [9.17, 15) is 9.59 Å². The van der Waals surface area contributed by atoms with Crippen LogP contribution in [0.4, 0.5) is 0 Å². The Hall–Kier alpha value is -2.62. The maximum Gasteiger partial charge on any atom is 0.242 e. The van der Waals surface area contributed by atoms with Gasteiger partial charge in [0.1, 0.15) is 6.04 Å². The van der Waals surface area contributed by atoms with E-state index in [0.717, 1.165) is 24.0 Å². The molecule has 1 N–H and O–H groups in total. The third-order valence-corrected chi connectivity index (χ3v) is 4.40. The third kappa shape index (κ3) is 6.03. The van der Waals surface area contributed by atoms with Crippen molar-refractivity contribution in [2.24, 2.45) is 0 Å². The predicted molar refractivity (Wildman–Crippen MR) is 105 cm³/mol. The van der Waals surface area contributed by atoms with Crippen molar-refractivity contribution in [2.45, 2.75) is 39.2 Å². The SMILES string of the molecule is CCCNC(=O)[C@H](C)N(CCc1ccccc1)C(=O)Cc1ccccc1. The van der Waals surface area contributed by atoms with Gasteiger partial charge in [0.05, 0.1) is 6.42 Å². The van der Waals surface area contributed by atoms with E-state index in [2.05, 4.69) is 5.32 Å². The molecule has 2 aromatic carbocycles. The quantitative estimate of drug-likeness (QED) is 0.753. The Kier molecular flexibility index (Phi) is 7.87. The molecular formula is C22H28N2O2. The van der Waals surface area contributed by atoms with Crippen LogP contribution in [0, 0.1) is 0 Å². The fourth-order valence-corrected chi connectivity index (χ4v) is 2.84. The highest BCUT2D eigenvalue weighted by molar-refractivity contribution is 5.88. The van der Waals surface area contributed by atoms with E-state index in [1.807, 2.05) is 67.6 Å². The zero-order valence-corrected chi connectivity index (χ0v) is 15.7. The molecule has 4 heteroatoms. The van der Waals surface area contributed by atoms with Crippen molar-refractivity contribution in [1.82, 2.24) is 10.2 Å². The number of nitrogens with one attached hydrogen (secondary N) is 1. The Morgan fingerprint density at radius 1 is 0.962 bits per heavy atom. The minimum Gasteiger partial charge on any atom is -0.354 e. The maximum atomic E-state index is 12.9. The van der Waals surface area contributed by atoms with E-state index in [4.69, 9.17) is 0 Å². The summed E-state index contributed by atoms with van der Waals surface area (Å²) in [5, 5.41) is 2.90. The summed E-state index contributed by atoms with van der Waals surface area (Å²) in [5.74, 6) is -0.118. The van der Waals surface area contributed by atoms with Crippen LogP contribution < -0.4 is 5.32 Å². The fraction of sp³-hybridized carbons (Fsp3) is 0.364. The van der Waals surface area contributed by atoms with Crippen molar-refractivity contribution in [3.8, 4) is 0 Å². The molecular weight excluding hydrogens is 324 g/mol. The summed E-state index contributed by atoms with van der Waals surface area (Å²) in [6.45, 7) is 4.97. The van der Waals surface area contributed by atoms with Gasteiger partial charge in [-0.2, -0.15) is 0 Å². The van der Waals surface area contributed by atoms with Crippen molar-refractivity contribution in [1.29, 1.82) is 0 Å². The highest BCUT2D eigenvalue weighted by Gasteiger charge is 2.25. The molecule has 0 aliphatic heterocycles. The molecule has 0 radical (unpaired) electrons. The van der Waals surface area contributed by atoms with Gasteiger partial charge in [0.25, 0.3) is 0 Å². The smallest absolute Gasteiger partial charge is 0.242 e. The van der Waals surface area contributed by atoms with Crippen molar-refractivity contribution < 1.29 is 9.59 Å². The monoisotopic (exact) mass is 352 g/mol. The van der Waals surface area contributed by atoms with Crippen LogP contribution in [-0.4, -0.2) is 35.8 Å². The molecule has 2 rings (SSSR count). The van der Waals surface area contributed by atoms with E-state index < -0.39 is 6.04 Å². The van der Waals surface area contributed by atoms with Gasteiger partial charge in [-0.1, -0.05) is 67.6 Å². The van der Waals surface area contributed by atoms with E-state index in [1.54, 1.807) is 11.8 Å². The lowest BCUT2D eigenvalue weighted by Gasteiger charge is -2.29. The number of rotatable bonds is 9. The average molecular weight is 352 g/mol. The second-order valence-corrected chi connectivity index (χ2v) is 6.45. The van der Waals surface area contributed by atoms with Crippen molar-refractivity contribution in [2.75, 3.05) is 13.1 Å². The normalized spacial score (nSPS) is 11.6. The second-order valence-electron chi connectivity index (χ2n) is 6.45. The Bertz CT molecular complexity index is 686. The van der Waals surface area contributed by atoms with E-state index in [0.29, 0.717) is 19.5 Å². The fourth-order valence-electron chi connectivity index (χ4n) is 2.84. The van der Waals surface area contributed by atoms with Gasteiger partial charge in [-0.05, 0) is 30.9 Å². The Morgan fingerprint density at radius 2 is 1.54 bits per heavy atom. The van der Waals surface area contributed by atoms with Gasteiger partial charge in [-0.25, -0.2) is 0 Å². The van der Waals surface area contributed by atoms with Gasteiger partial charge in [-0.15, -0.1) is 0 Å². The van der Waals surface area contributed by atoms with E-state index in [1.165, 1.54) is 0 Å². The molecule has 0 aliphatic carbocycles. The molecule has 4 nitrogen and oxygen atoms in total. The molecule has 0 bridgehead atoms. The number of carbonyl (C=O) groups excluding carboxylic acids is 2. The zero-order chi connectivity index (χ0) is 18.8. The summed E-state index contributed by atoms with van der Waals surface area (Å²) in [4.78, 5) is 27.0. The first kappa shape index (κ1) is 19.7. The Balaban J connectivity index is 2.08. The van der Waals surface area contributed by atoms with Crippen LogP contribution in [-0.2, 0) is 22.4 Å². The first-order chi connectivity index (χ1) is 12.6. The molecule has 0 aliphatic rings. The molecule has 2 aromatic rings.